The molecule has 0 spiro atoms. The summed E-state index contributed by atoms with van der Waals surface area (Å²) >= 11 is 0. The van der Waals surface area contributed by atoms with Gasteiger partial charge >= 0.3 is 0 Å². The van der Waals surface area contributed by atoms with Gasteiger partial charge in [-0.2, -0.15) is 0 Å². The third kappa shape index (κ3) is 6.10. The largest absolute Gasteiger partial charge is 0.316 e. The van der Waals surface area contributed by atoms with Crippen LogP contribution < -0.4 is 10.6 Å². The number of hydrogen-bond acceptors (Lipinski definition) is 2. The summed E-state index contributed by atoms with van der Waals surface area (Å²) in [7, 11) is 3.29. The molecule has 1 aromatic rings. The molecule has 0 bridgehead atoms. The molecule has 34 heavy (non-hydrogen) atoms. The number of benzene rings is 1. The minimum absolute atomic E-state index is 0.00236. The topological polar surface area (TPSA) is 24.1 Å². The van der Waals surface area contributed by atoms with Crippen LogP contribution in [0.4, 0.5) is 0 Å². The number of piperidine rings is 2. The Bertz CT molecular complexity index is 769. The lowest BCUT2D eigenvalue weighted by Gasteiger charge is -2.53. The van der Waals surface area contributed by atoms with Crippen LogP contribution in [-0.2, 0) is 16.7 Å². The van der Waals surface area contributed by atoms with Gasteiger partial charge in [-0.15, -0.1) is 9.24 Å². The Hall–Kier alpha value is -0.0000000000000000555. The molecule has 3 unspecified atom stereocenters. The minimum atomic E-state index is -0.0908. The minimum Gasteiger partial charge on any atom is -0.316 e. The van der Waals surface area contributed by atoms with E-state index in [-0.39, 0.29) is 29.3 Å². The monoisotopic (exact) mass is 504 g/mol. The summed E-state index contributed by atoms with van der Waals surface area (Å²) < 4.78 is 0. The van der Waals surface area contributed by atoms with Gasteiger partial charge in [0.05, 0.1) is 0 Å². The van der Waals surface area contributed by atoms with Crippen molar-refractivity contribution in [2.75, 3.05) is 26.2 Å². The van der Waals surface area contributed by atoms with Gasteiger partial charge in [-0.1, -0.05) is 88.4 Å². The molecule has 194 valence electrons. The quantitative estimate of drug-likeness (QED) is 0.403. The second kappa shape index (κ2) is 10.8. The Labute approximate surface area is 215 Å². The van der Waals surface area contributed by atoms with Gasteiger partial charge in [0.2, 0.25) is 0 Å². The van der Waals surface area contributed by atoms with E-state index < -0.39 is 0 Å². The Morgan fingerprint density at radius 1 is 0.824 bits per heavy atom. The Balaban J connectivity index is 2.14. The lowest BCUT2D eigenvalue weighted by atomic mass is 9.61. The maximum Gasteiger partial charge on any atom is 0.0196 e. The van der Waals surface area contributed by atoms with Crippen LogP contribution in [0.2, 0.25) is 0 Å². The molecule has 0 amide bonds. The first-order chi connectivity index (χ1) is 15.7. The van der Waals surface area contributed by atoms with E-state index in [9.17, 15) is 0 Å². The van der Waals surface area contributed by atoms with Gasteiger partial charge in [-0.05, 0) is 89.2 Å². The van der Waals surface area contributed by atoms with Gasteiger partial charge in [0.15, 0.2) is 0 Å². The van der Waals surface area contributed by atoms with E-state index in [1.807, 2.05) is 0 Å². The molecule has 3 atom stereocenters. The van der Waals surface area contributed by atoms with Crippen LogP contribution in [0.15, 0.2) is 18.2 Å². The molecule has 0 aromatic heterocycles. The molecule has 2 fully saturated rings. The van der Waals surface area contributed by atoms with Crippen LogP contribution in [0.3, 0.4) is 0 Å². The first kappa shape index (κ1) is 28.6. The average molecular weight is 505 g/mol. The zero-order chi connectivity index (χ0) is 25.4. The molecule has 2 heterocycles. The van der Waals surface area contributed by atoms with Crippen molar-refractivity contribution >= 4 is 17.2 Å². The van der Waals surface area contributed by atoms with Crippen molar-refractivity contribution in [2.24, 2.45) is 10.8 Å². The van der Waals surface area contributed by atoms with Crippen molar-refractivity contribution in [1.82, 2.24) is 10.6 Å². The van der Waals surface area contributed by atoms with Gasteiger partial charge in [0.1, 0.15) is 0 Å². The van der Waals surface area contributed by atoms with Crippen LogP contribution in [0, 0.1) is 10.8 Å². The third-order valence-corrected chi connectivity index (χ3v) is 14.1. The highest BCUT2D eigenvalue weighted by Gasteiger charge is 2.49. The summed E-state index contributed by atoms with van der Waals surface area (Å²) in [6.45, 7) is 26.6. The molecule has 2 aliphatic rings. The molecule has 1 aromatic carbocycles. The number of hydrogen-bond donors (Lipinski definition) is 2. The molecular weight excluding hydrogens is 450 g/mol. The van der Waals surface area contributed by atoms with E-state index in [1.54, 1.807) is 11.1 Å². The van der Waals surface area contributed by atoms with E-state index in [1.165, 1.54) is 63.6 Å². The van der Waals surface area contributed by atoms with E-state index >= 15 is 0 Å². The van der Waals surface area contributed by atoms with Crippen LogP contribution >= 0.6 is 17.2 Å². The van der Waals surface area contributed by atoms with Crippen LogP contribution in [0.5, 0.6) is 0 Å². The second-order valence-corrected chi connectivity index (χ2v) is 17.8. The summed E-state index contributed by atoms with van der Waals surface area (Å²) in [6, 6.07) is 7.57. The van der Waals surface area contributed by atoms with E-state index in [2.05, 4.69) is 100 Å². The van der Waals surface area contributed by atoms with Gasteiger partial charge < -0.3 is 10.6 Å². The highest BCUT2D eigenvalue weighted by molar-refractivity contribution is 7.58. The maximum atomic E-state index is 3.76. The van der Waals surface area contributed by atoms with Gasteiger partial charge in [0.25, 0.3) is 0 Å². The fourth-order valence-electron chi connectivity index (χ4n) is 6.49. The smallest absolute Gasteiger partial charge is 0.0196 e. The van der Waals surface area contributed by atoms with E-state index in [0.717, 1.165) is 11.3 Å². The van der Waals surface area contributed by atoms with Crippen molar-refractivity contribution in [1.29, 1.82) is 0 Å². The van der Waals surface area contributed by atoms with Crippen molar-refractivity contribution in [3.8, 4) is 0 Å². The SMILES string of the molecule is CC(C)(C)c1ccc(C(P)(C(C)(C)C)C(C)(C)C)c(CP(C2CCCNC2)C2CCCNC2)c1. The number of nitrogens with one attached hydrogen (secondary N) is 2. The number of rotatable bonds is 5. The summed E-state index contributed by atoms with van der Waals surface area (Å²) in [6.07, 6.45) is 6.78. The van der Waals surface area contributed by atoms with Crippen LogP contribution in [0.25, 0.3) is 0 Å². The first-order valence-electron chi connectivity index (χ1n) is 13.8. The fourth-order valence-corrected chi connectivity index (χ4v) is 10.3. The Kier molecular flexibility index (Phi) is 9.05. The molecule has 3 rings (SSSR count). The highest BCUT2D eigenvalue weighted by atomic mass is 31.1. The predicted molar refractivity (Wildman–Crippen MR) is 158 cm³/mol. The Morgan fingerprint density at radius 2 is 1.32 bits per heavy atom. The van der Waals surface area contributed by atoms with Crippen molar-refractivity contribution < 1.29 is 0 Å². The predicted octanol–water partition coefficient (Wildman–Crippen LogP) is 7.63. The van der Waals surface area contributed by atoms with Crippen LogP contribution in [0.1, 0.15) is 105 Å². The summed E-state index contributed by atoms with van der Waals surface area (Å²) in [4.78, 5) is 0. The lowest BCUT2D eigenvalue weighted by molar-refractivity contribution is 0.139. The second-order valence-electron chi connectivity index (χ2n) is 14.1. The molecule has 2 nitrogen and oxygen atoms in total. The van der Waals surface area contributed by atoms with E-state index in [4.69, 9.17) is 0 Å². The van der Waals surface area contributed by atoms with Crippen molar-refractivity contribution in [3.63, 3.8) is 0 Å². The fraction of sp³-hybridized carbons (Fsp3) is 0.800. The molecular formula is C30H54N2P2. The summed E-state index contributed by atoms with van der Waals surface area (Å²) in [5.74, 6) is 0. The molecule has 0 aliphatic carbocycles. The molecule has 0 saturated carbocycles. The zero-order valence-electron chi connectivity index (χ0n) is 23.8. The van der Waals surface area contributed by atoms with Crippen molar-refractivity contribution in [3.05, 3.63) is 34.9 Å². The Morgan fingerprint density at radius 3 is 1.71 bits per heavy atom. The normalized spacial score (nSPS) is 24.2. The standard InChI is InChI=1S/C30H54N2P2/c1-27(2,3)23-14-15-26(30(33,28(4,5)6)29(7,8)9)22(18-23)21-34(24-12-10-16-31-19-24)25-13-11-17-32-20-25/h14-15,18,24-25,31-32H,10-13,16-17,19-21,33H2,1-9H3. The van der Waals surface area contributed by atoms with E-state index in [0.29, 0.717) is 0 Å². The van der Waals surface area contributed by atoms with Gasteiger partial charge in [-0.3, -0.25) is 0 Å². The molecule has 4 heteroatoms. The highest BCUT2D eigenvalue weighted by Crippen LogP contribution is 2.61. The molecule has 0 radical (unpaired) electrons. The van der Waals surface area contributed by atoms with Crippen LogP contribution in [-0.4, -0.2) is 37.5 Å². The van der Waals surface area contributed by atoms with Gasteiger partial charge in [0, 0.05) is 18.2 Å². The first-order valence-corrected chi connectivity index (χ1v) is 16.0. The van der Waals surface area contributed by atoms with Crippen molar-refractivity contribution in [2.45, 2.75) is 116 Å². The summed E-state index contributed by atoms with van der Waals surface area (Å²) in [5.41, 5.74) is 6.83. The third-order valence-electron chi connectivity index (χ3n) is 8.59. The molecule has 2 aliphatic heterocycles. The maximum absolute atomic E-state index is 3.76. The zero-order valence-corrected chi connectivity index (χ0v) is 25.8. The lowest BCUT2D eigenvalue weighted by Crippen LogP contribution is -2.46. The van der Waals surface area contributed by atoms with Gasteiger partial charge in [-0.25, -0.2) is 0 Å². The molecule has 2 N–H and O–H groups in total. The summed E-state index contributed by atoms with van der Waals surface area (Å²) in [5, 5.41) is 7.52. The average Bonchev–Trinajstić information content (AvgIpc) is 2.76. The molecule has 2 saturated heterocycles.